The molecule has 80 valence electrons. The zero-order chi connectivity index (χ0) is 9.78. The van der Waals surface area contributed by atoms with Crippen LogP contribution in [-0.2, 0) is 9.53 Å². The van der Waals surface area contributed by atoms with E-state index in [2.05, 4.69) is 0 Å². The lowest BCUT2D eigenvalue weighted by Crippen LogP contribution is -2.32. The van der Waals surface area contributed by atoms with E-state index >= 15 is 0 Å². The number of ether oxygens (including phenoxy) is 1. The van der Waals surface area contributed by atoms with Crippen molar-refractivity contribution >= 4 is 18.4 Å². The van der Waals surface area contributed by atoms with Crippen LogP contribution in [0.2, 0.25) is 0 Å². The van der Waals surface area contributed by atoms with Crippen LogP contribution >= 0.6 is 12.4 Å². The molecule has 0 heterocycles. The van der Waals surface area contributed by atoms with Gasteiger partial charge in [-0.05, 0) is 27.2 Å². The van der Waals surface area contributed by atoms with Crippen molar-refractivity contribution < 1.29 is 14.6 Å². The SMILES string of the molecule is CC(C)(C)OCC[C@H](N)C(=O)O.Cl. The van der Waals surface area contributed by atoms with Gasteiger partial charge in [0.2, 0.25) is 0 Å². The first-order valence-corrected chi connectivity index (χ1v) is 3.95. The average Bonchev–Trinajstić information content (AvgIpc) is 1.84. The van der Waals surface area contributed by atoms with Gasteiger partial charge in [-0.15, -0.1) is 12.4 Å². The van der Waals surface area contributed by atoms with Crippen molar-refractivity contribution in [3.05, 3.63) is 0 Å². The van der Waals surface area contributed by atoms with Crippen molar-refractivity contribution in [1.82, 2.24) is 0 Å². The molecule has 0 amide bonds. The molecule has 0 aromatic rings. The zero-order valence-corrected chi connectivity index (χ0v) is 9.06. The van der Waals surface area contributed by atoms with Crippen molar-refractivity contribution in [2.75, 3.05) is 6.61 Å². The predicted octanol–water partition coefficient (Wildman–Crippen LogP) is 1.03. The van der Waals surface area contributed by atoms with E-state index in [-0.39, 0.29) is 18.0 Å². The van der Waals surface area contributed by atoms with Crippen molar-refractivity contribution in [2.45, 2.75) is 38.8 Å². The number of carbonyl (C=O) groups is 1. The van der Waals surface area contributed by atoms with Crippen LogP contribution in [0.4, 0.5) is 0 Å². The number of hydrogen-bond donors (Lipinski definition) is 2. The molecule has 0 aromatic carbocycles. The Balaban J connectivity index is 0. The quantitative estimate of drug-likeness (QED) is 0.729. The summed E-state index contributed by atoms with van der Waals surface area (Å²) in [4.78, 5) is 10.3. The summed E-state index contributed by atoms with van der Waals surface area (Å²) in [6, 6.07) is -0.813. The molecule has 3 N–H and O–H groups in total. The number of rotatable bonds is 4. The van der Waals surface area contributed by atoms with Gasteiger partial charge in [-0.2, -0.15) is 0 Å². The van der Waals surface area contributed by atoms with E-state index in [0.29, 0.717) is 13.0 Å². The maximum Gasteiger partial charge on any atom is 0.320 e. The Bertz CT molecular complexity index is 156. The summed E-state index contributed by atoms with van der Waals surface area (Å²) >= 11 is 0. The highest BCUT2D eigenvalue weighted by atomic mass is 35.5. The second kappa shape index (κ2) is 6.18. The Labute approximate surface area is 84.9 Å². The molecular weight excluding hydrogens is 194 g/mol. The summed E-state index contributed by atoms with van der Waals surface area (Å²) in [5, 5.41) is 8.43. The summed E-state index contributed by atoms with van der Waals surface area (Å²) in [6.45, 7) is 6.13. The molecule has 13 heavy (non-hydrogen) atoms. The first kappa shape index (κ1) is 15.2. The van der Waals surface area contributed by atoms with Crippen molar-refractivity contribution in [3.8, 4) is 0 Å². The van der Waals surface area contributed by atoms with Gasteiger partial charge in [0, 0.05) is 6.61 Å². The van der Waals surface area contributed by atoms with Crippen LogP contribution in [-0.4, -0.2) is 29.3 Å². The highest BCUT2D eigenvalue weighted by Crippen LogP contribution is 2.07. The van der Waals surface area contributed by atoms with E-state index in [4.69, 9.17) is 15.6 Å². The fourth-order valence-electron chi connectivity index (χ4n) is 0.616. The van der Waals surface area contributed by atoms with E-state index in [0.717, 1.165) is 0 Å². The van der Waals surface area contributed by atoms with Gasteiger partial charge in [-0.1, -0.05) is 0 Å². The fraction of sp³-hybridized carbons (Fsp3) is 0.875. The molecule has 0 spiro atoms. The Hall–Kier alpha value is -0.320. The summed E-state index contributed by atoms with van der Waals surface area (Å²) in [7, 11) is 0. The minimum Gasteiger partial charge on any atom is -0.480 e. The number of hydrogen-bond acceptors (Lipinski definition) is 3. The first-order chi connectivity index (χ1) is 5.33. The Morgan fingerprint density at radius 1 is 1.54 bits per heavy atom. The number of carboxylic acids is 1. The van der Waals surface area contributed by atoms with E-state index in [1.165, 1.54) is 0 Å². The minimum absolute atomic E-state index is 0. The maximum atomic E-state index is 10.3. The molecule has 0 saturated heterocycles. The molecule has 0 aliphatic carbocycles. The standard InChI is InChI=1S/C8H17NO3.ClH/c1-8(2,3)12-5-4-6(9)7(10)11;/h6H,4-5,9H2,1-3H3,(H,10,11);1H/t6-;/m0./s1. The first-order valence-electron chi connectivity index (χ1n) is 3.95. The van der Waals surface area contributed by atoms with Gasteiger partial charge in [-0.25, -0.2) is 0 Å². The molecule has 0 rings (SSSR count). The van der Waals surface area contributed by atoms with Gasteiger partial charge >= 0.3 is 5.97 Å². The van der Waals surface area contributed by atoms with E-state index in [1.54, 1.807) is 0 Å². The number of halogens is 1. The fourth-order valence-corrected chi connectivity index (χ4v) is 0.616. The third-order valence-corrected chi connectivity index (χ3v) is 1.28. The molecule has 0 aliphatic heterocycles. The normalized spacial score (nSPS) is 13.2. The molecule has 1 atom stereocenters. The second-order valence-electron chi connectivity index (χ2n) is 3.69. The van der Waals surface area contributed by atoms with E-state index in [1.807, 2.05) is 20.8 Å². The van der Waals surface area contributed by atoms with Crippen LogP contribution in [0, 0.1) is 0 Å². The lowest BCUT2D eigenvalue weighted by atomic mass is 10.2. The van der Waals surface area contributed by atoms with Crippen molar-refractivity contribution in [1.29, 1.82) is 0 Å². The van der Waals surface area contributed by atoms with Crippen molar-refractivity contribution in [3.63, 3.8) is 0 Å². The van der Waals surface area contributed by atoms with Crippen LogP contribution < -0.4 is 5.73 Å². The molecule has 0 bridgehead atoms. The summed E-state index contributed by atoms with van der Waals surface area (Å²) in [5.74, 6) is -0.979. The molecule has 0 aliphatic rings. The molecular formula is C8H18ClNO3. The highest BCUT2D eigenvalue weighted by Gasteiger charge is 2.14. The predicted molar refractivity (Wildman–Crippen MR) is 53.2 cm³/mol. The van der Waals surface area contributed by atoms with Gasteiger partial charge in [0.1, 0.15) is 6.04 Å². The lowest BCUT2D eigenvalue weighted by molar-refractivity contribution is -0.139. The molecule has 0 unspecified atom stereocenters. The van der Waals surface area contributed by atoms with Crippen LogP contribution in [0.25, 0.3) is 0 Å². The number of carboxylic acid groups (broad SMARTS) is 1. The van der Waals surface area contributed by atoms with Gasteiger partial charge < -0.3 is 15.6 Å². The Kier molecular flexibility index (Phi) is 7.21. The monoisotopic (exact) mass is 211 g/mol. The molecule has 5 heteroatoms. The average molecular weight is 212 g/mol. The summed E-state index contributed by atoms with van der Waals surface area (Å²) < 4.78 is 5.31. The molecule has 0 fully saturated rings. The van der Waals surface area contributed by atoms with Gasteiger partial charge in [0.25, 0.3) is 0 Å². The largest absolute Gasteiger partial charge is 0.480 e. The third-order valence-electron chi connectivity index (χ3n) is 1.28. The zero-order valence-electron chi connectivity index (χ0n) is 8.24. The van der Waals surface area contributed by atoms with Gasteiger partial charge in [0.15, 0.2) is 0 Å². The van der Waals surface area contributed by atoms with E-state index in [9.17, 15) is 4.79 Å². The highest BCUT2D eigenvalue weighted by molar-refractivity contribution is 5.85. The summed E-state index contributed by atoms with van der Waals surface area (Å²) in [6.07, 6.45) is 0.354. The Morgan fingerprint density at radius 2 is 2.00 bits per heavy atom. The molecule has 0 saturated carbocycles. The van der Waals surface area contributed by atoms with Crippen LogP contribution in [0.15, 0.2) is 0 Å². The van der Waals surface area contributed by atoms with E-state index < -0.39 is 12.0 Å². The summed E-state index contributed by atoms with van der Waals surface area (Å²) in [5.41, 5.74) is 5.04. The topological polar surface area (TPSA) is 72.5 Å². The lowest BCUT2D eigenvalue weighted by Gasteiger charge is -2.19. The number of aliphatic carboxylic acids is 1. The molecule has 0 radical (unpaired) electrons. The third kappa shape index (κ3) is 9.60. The molecule has 4 nitrogen and oxygen atoms in total. The second-order valence-corrected chi connectivity index (χ2v) is 3.69. The maximum absolute atomic E-state index is 10.3. The molecule has 0 aromatic heterocycles. The van der Waals surface area contributed by atoms with Crippen LogP contribution in [0.5, 0.6) is 0 Å². The van der Waals surface area contributed by atoms with Crippen LogP contribution in [0.3, 0.4) is 0 Å². The smallest absolute Gasteiger partial charge is 0.320 e. The van der Waals surface area contributed by atoms with Gasteiger partial charge in [0.05, 0.1) is 5.60 Å². The minimum atomic E-state index is -0.979. The van der Waals surface area contributed by atoms with Crippen LogP contribution in [0.1, 0.15) is 27.2 Å². The Morgan fingerprint density at radius 3 is 2.31 bits per heavy atom. The van der Waals surface area contributed by atoms with Gasteiger partial charge in [-0.3, -0.25) is 4.79 Å². The van der Waals surface area contributed by atoms with Crippen molar-refractivity contribution in [2.24, 2.45) is 5.73 Å². The number of nitrogens with two attached hydrogens (primary N) is 1.